The predicted molar refractivity (Wildman–Crippen MR) is 71.4 cm³/mol. The molecule has 1 aromatic rings. The largest absolute Gasteiger partial charge is 0.494 e. The summed E-state index contributed by atoms with van der Waals surface area (Å²) in [5, 5.41) is -0.0893. The van der Waals surface area contributed by atoms with E-state index in [0.29, 0.717) is 24.7 Å². The summed E-state index contributed by atoms with van der Waals surface area (Å²) in [7, 11) is 0. The fourth-order valence-electron chi connectivity index (χ4n) is 1.92. The van der Waals surface area contributed by atoms with Crippen LogP contribution < -0.4 is 9.47 Å². The number of Topliss-reactive ketones (excluding diaryl/α,β-unsaturated/α-hetero) is 1. The van der Waals surface area contributed by atoms with Crippen molar-refractivity contribution < 1.29 is 19.1 Å². The van der Waals surface area contributed by atoms with Crippen molar-refractivity contribution in [2.24, 2.45) is 0 Å². The highest BCUT2D eigenvalue weighted by Crippen LogP contribution is 2.34. The van der Waals surface area contributed by atoms with Gasteiger partial charge in [0.05, 0.1) is 23.8 Å². The molecule has 100 valence electrons. The Bertz CT molecular complexity index is 575. The van der Waals surface area contributed by atoms with Crippen LogP contribution in [0.3, 0.4) is 0 Å². The van der Waals surface area contributed by atoms with E-state index < -0.39 is 5.78 Å². The van der Waals surface area contributed by atoms with E-state index in [-0.39, 0.29) is 21.9 Å². The van der Waals surface area contributed by atoms with Gasteiger partial charge in [0.2, 0.25) is 5.78 Å². The molecule has 0 saturated heterocycles. The van der Waals surface area contributed by atoms with Crippen molar-refractivity contribution in [3.63, 3.8) is 0 Å². The van der Waals surface area contributed by atoms with Gasteiger partial charge in [0.25, 0.3) is 0 Å². The first kappa shape index (κ1) is 13.6. The average Bonchev–Trinajstić information content (AvgIpc) is 2.36. The van der Waals surface area contributed by atoms with E-state index in [1.165, 1.54) is 6.07 Å². The summed E-state index contributed by atoms with van der Waals surface area (Å²) >= 11 is 5.76. The van der Waals surface area contributed by atoms with Gasteiger partial charge in [-0.1, -0.05) is 11.6 Å². The van der Waals surface area contributed by atoms with Crippen LogP contribution in [0, 0.1) is 0 Å². The molecule has 1 aromatic carbocycles. The maximum Gasteiger partial charge on any atom is 0.205 e. The second-order valence-corrected chi connectivity index (χ2v) is 4.30. The number of fused-ring (bicyclic) bond motifs is 1. The number of hydrogen-bond acceptors (Lipinski definition) is 4. The number of ketones is 2. The monoisotopic (exact) mass is 280 g/mol. The molecular formula is C14H13ClO4. The second kappa shape index (κ2) is 5.45. The standard InChI is InChI=1S/C14H13ClO4/c1-3-18-8-5-9-13(12(6-8)19-4-2)11(16)7-10(15)14(9)17/h5-7H,3-4H2,1-2H3. The summed E-state index contributed by atoms with van der Waals surface area (Å²) in [5.74, 6) is 0.115. The zero-order chi connectivity index (χ0) is 14.0. The molecule has 0 saturated carbocycles. The van der Waals surface area contributed by atoms with Crippen molar-refractivity contribution in [2.75, 3.05) is 13.2 Å². The van der Waals surface area contributed by atoms with Crippen LogP contribution in [0.2, 0.25) is 0 Å². The molecule has 0 fully saturated rings. The van der Waals surface area contributed by atoms with Crippen LogP contribution in [0.1, 0.15) is 34.6 Å². The van der Waals surface area contributed by atoms with E-state index in [2.05, 4.69) is 0 Å². The van der Waals surface area contributed by atoms with E-state index in [1.54, 1.807) is 13.0 Å². The molecular weight excluding hydrogens is 268 g/mol. The molecule has 0 bridgehead atoms. The molecule has 5 heteroatoms. The second-order valence-electron chi connectivity index (χ2n) is 3.90. The number of halogens is 1. The normalized spacial score (nSPS) is 13.9. The van der Waals surface area contributed by atoms with Crippen LogP contribution >= 0.6 is 11.6 Å². The van der Waals surface area contributed by atoms with Crippen LogP contribution in [0.5, 0.6) is 11.5 Å². The lowest BCUT2D eigenvalue weighted by atomic mass is 9.93. The first-order chi connectivity index (χ1) is 9.08. The Hall–Kier alpha value is -1.81. The van der Waals surface area contributed by atoms with Gasteiger partial charge in [-0.05, 0) is 19.9 Å². The van der Waals surface area contributed by atoms with Gasteiger partial charge in [-0.3, -0.25) is 9.59 Å². The van der Waals surface area contributed by atoms with E-state index in [4.69, 9.17) is 21.1 Å². The fourth-order valence-corrected chi connectivity index (χ4v) is 2.13. The average molecular weight is 281 g/mol. The van der Waals surface area contributed by atoms with Gasteiger partial charge in [-0.15, -0.1) is 0 Å². The Morgan fingerprint density at radius 2 is 1.79 bits per heavy atom. The highest BCUT2D eigenvalue weighted by molar-refractivity contribution is 6.49. The number of hydrogen-bond donors (Lipinski definition) is 0. The molecule has 0 amide bonds. The number of allylic oxidation sites excluding steroid dienone is 2. The molecule has 0 spiro atoms. The summed E-state index contributed by atoms with van der Waals surface area (Å²) in [6, 6.07) is 3.14. The van der Waals surface area contributed by atoms with Gasteiger partial charge < -0.3 is 9.47 Å². The zero-order valence-corrected chi connectivity index (χ0v) is 11.4. The number of rotatable bonds is 4. The van der Waals surface area contributed by atoms with E-state index in [0.717, 1.165) is 6.08 Å². The predicted octanol–water partition coefficient (Wildman–Crippen LogP) is 2.99. The smallest absolute Gasteiger partial charge is 0.205 e. The van der Waals surface area contributed by atoms with Crippen molar-refractivity contribution in [1.29, 1.82) is 0 Å². The molecule has 0 heterocycles. The van der Waals surface area contributed by atoms with Crippen molar-refractivity contribution in [2.45, 2.75) is 13.8 Å². The summed E-state index contributed by atoms with van der Waals surface area (Å²) in [6.07, 6.45) is 1.12. The minimum atomic E-state index is -0.390. The van der Waals surface area contributed by atoms with Gasteiger partial charge >= 0.3 is 0 Å². The highest BCUT2D eigenvalue weighted by Gasteiger charge is 2.29. The summed E-state index contributed by atoms with van der Waals surface area (Å²) in [4.78, 5) is 24.0. The van der Waals surface area contributed by atoms with Gasteiger partial charge in [0, 0.05) is 17.7 Å². The van der Waals surface area contributed by atoms with Crippen molar-refractivity contribution in [1.82, 2.24) is 0 Å². The van der Waals surface area contributed by atoms with Crippen molar-refractivity contribution in [3.05, 3.63) is 34.4 Å². The van der Waals surface area contributed by atoms with Crippen LogP contribution in [0.15, 0.2) is 23.2 Å². The number of benzene rings is 1. The number of carbonyl (C=O) groups excluding carboxylic acids is 2. The third kappa shape index (κ3) is 2.49. The van der Waals surface area contributed by atoms with Crippen LogP contribution in [-0.2, 0) is 0 Å². The minimum absolute atomic E-state index is 0.0893. The van der Waals surface area contributed by atoms with Gasteiger partial charge in [0.1, 0.15) is 11.5 Å². The van der Waals surface area contributed by atoms with Crippen LogP contribution in [-0.4, -0.2) is 24.8 Å². The molecule has 19 heavy (non-hydrogen) atoms. The van der Waals surface area contributed by atoms with Gasteiger partial charge in [-0.25, -0.2) is 0 Å². The Balaban J connectivity index is 2.62. The van der Waals surface area contributed by atoms with Crippen molar-refractivity contribution in [3.8, 4) is 11.5 Å². The summed E-state index contributed by atoms with van der Waals surface area (Å²) in [5.41, 5.74) is 0.478. The van der Waals surface area contributed by atoms with E-state index >= 15 is 0 Å². The maximum absolute atomic E-state index is 12.0. The first-order valence-corrected chi connectivity index (χ1v) is 6.36. The Kier molecular flexibility index (Phi) is 3.90. The Labute approximate surface area is 116 Å². The molecule has 0 aliphatic heterocycles. The molecule has 1 aliphatic carbocycles. The molecule has 2 rings (SSSR count). The summed E-state index contributed by atoms with van der Waals surface area (Å²) < 4.78 is 10.8. The first-order valence-electron chi connectivity index (χ1n) is 5.98. The van der Waals surface area contributed by atoms with E-state index in [1.807, 2.05) is 6.92 Å². The van der Waals surface area contributed by atoms with Crippen LogP contribution in [0.4, 0.5) is 0 Å². The Morgan fingerprint density at radius 1 is 1.11 bits per heavy atom. The lowest BCUT2D eigenvalue weighted by Gasteiger charge is -2.17. The van der Waals surface area contributed by atoms with Crippen molar-refractivity contribution >= 4 is 23.2 Å². The molecule has 0 N–H and O–H groups in total. The third-order valence-corrected chi connectivity index (χ3v) is 2.93. The quantitative estimate of drug-likeness (QED) is 0.851. The fraction of sp³-hybridized carbons (Fsp3) is 0.286. The van der Waals surface area contributed by atoms with E-state index in [9.17, 15) is 9.59 Å². The topological polar surface area (TPSA) is 52.6 Å². The zero-order valence-electron chi connectivity index (χ0n) is 10.7. The third-order valence-electron chi connectivity index (χ3n) is 2.65. The molecule has 0 unspecified atom stereocenters. The molecule has 0 atom stereocenters. The molecule has 0 radical (unpaired) electrons. The molecule has 4 nitrogen and oxygen atoms in total. The van der Waals surface area contributed by atoms with Gasteiger partial charge in [-0.2, -0.15) is 0 Å². The SMILES string of the molecule is CCOc1cc(OCC)c2c(c1)C(=O)C(Cl)=CC2=O. The molecule has 0 aromatic heterocycles. The lowest BCUT2D eigenvalue weighted by Crippen LogP contribution is -2.16. The summed E-state index contributed by atoms with van der Waals surface area (Å²) in [6.45, 7) is 4.48. The highest BCUT2D eigenvalue weighted by atomic mass is 35.5. The molecule has 1 aliphatic rings. The number of ether oxygens (including phenoxy) is 2. The Morgan fingerprint density at radius 3 is 2.42 bits per heavy atom. The number of carbonyl (C=O) groups is 2. The van der Waals surface area contributed by atoms with Gasteiger partial charge in [0.15, 0.2) is 5.78 Å². The maximum atomic E-state index is 12.0. The van der Waals surface area contributed by atoms with Crippen LogP contribution in [0.25, 0.3) is 0 Å². The minimum Gasteiger partial charge on any atom is -0.494 e. The lowest BCUT2D eigenvalue weighted by molar-refractivity contribution is 0.0987.